The van der Waals surface area contributed by atoms with Crippen LogP contribution in [0.2, 0.25) is 0 Å². The first kappa shape index (κ1) is 13.8. The van der Waals surface area contributed by atoms with Crippen molar-refractivity contribution in [3.05, 3.63) is 23.9 Å². The van der Waals surface area contributed by atoms with E-state index in [1.807, 2.05) is 20.8 Å². The lowest BCUT2D eigenvalue weighted by atomic mass is 10.1. The topological polar surface area (TPSA) is 88.2 Å². The average Bonchev–Trinajstić information content (AvgIpc) is 2.25. The van der Waals surface area contributed by atoms with Crippen molar-refractivity contribution in [3.63, 3.8) is 0 Å². The molecule has 1 aromatic rings. The molecule has 0 aliphatic rings. The summed E-state index contributed by atoms with van der Waals surface area (Å²) >= 11 is 0. The number of primary amides is 1. The van der Waals surface area contributed by atoms with E-state index in [0.717, 1.165) is 0 Å². The van der Waals surface area contributed by atoms with Gasteiger partial charge in [0, 0.05) is 11.7 Å². The van der Waals surface area contributed by atoms with Crippen molar-refractivity contribution in [3.8, 4) is 0 Å². The summed E-state index contributed by atoms with van der Waals surface area (Å²) in [5.74, 6) is -0.578. The van der Waals surface area contributed by atoms with Crippen molar-refractivity contribution in [1.29, 1.82) is 0 Å². The summed E-state index contributed by atoms with van der Waals surface area (Å²) < 4.78 is 0. The first-order chi connectivity index (χ1) is 7.79. The van der Waals surface area contributed by atoms with Gasteiger partial charge >= 0.3 is 0 Å². The minimum atomic E-state index is -1.79. The number of rotatable bonds is 4. The zero-order chi connectivity index (χ0) is 13.1. The molecule has 1 heterocycles. The Kier molecular flexibility index (Phi) is 4.38. The lowest BCUT2D eigenvalue weighted by molar-refractivity contribution is 0.0996. The van der Waals surface area contributed by atoms with Crippen molar-refractivity contribution in [2.45, 2.75) is 26.3 Å². The van der Waals surface area contributed by atoms with E-state index in [1.54, 1.807) is 12.1 Å². The number of carbonyl (C=O) groups is 1. The minimum absolute atomic E-state index is 0.0556. The predicted molar refractivity (Wildman–Crippen MR) is 68.1 cm³/mol. The number of hydrogen-bond acceptors (Lipinski definition) is 4. The standard InChI is InChI=1S/C11H18N3O2Si/c1-11(2,3)13-7-17(16)9-6-4-5-8(14-9)10(12)15/h4-6,13,16H,7H2,1-3H3,(H2,12,15). The number of nitrogens with two attached hydrogens (primary N) is 1. The predicted octanol–water partition coefficient (Wildman–Crippen LogP) is -0.701. The van der Waals surface area contributed by atoms with Crippen molar-refractivity contribution in [2.24, 2.45) is 5.73 Å². The van der Waals surface area contributed by atoms with Gasteiger partial charge in [-0.25, -0.2) is 4.98 Å². The molecule has 0 unspecified atom stereocenters. The summed E-state index contributed by atoms with van der Waals surface area (Å²) in [7, 11) is -1.79. The Bertz CT molecular complexity index is 404. The maximum Gasteiger partial charge on any atom is 0.278 e. The van der Waals surface area contributed by atoms with Crippen LogP contribution in [0, 0.1) is 0 Å². The number of amides is 1. The third-order valence-electron chi connectivity index (χ3n) is 2.08. The molecule has 0 saturated heterocycles. The average molecular weight is 252 g/mol. The molecule has 17 heavy (non-hydrogen) atoms. The molecule has 5 nitrogen and oxygen atoms in total. The van der Waals surface area contributed by atoms with Crippen LogP contribution >= 0.6 is 0 Å². The van der Waals surface area contributed by atoms with Gasteiger partial charge in [-0.05, 0) is 32.9 Å². The molecule has 0 saturated carbocycles. The van der Waals surface area contributed by atoms with Gasteiger partial charge in [-0.2, -0.15) is 0 Å². The monoisotopic (exact) mass is 252 g/mol. The van der Waals surface area contributed by atoms with E-state index < -0.39 is 14.9 Å². The molecule has 0 bridgehead atoms. The number of nitrogens with one attached hydrogen (secondary N) is 1. The fourth-order valence-electron chi connectivity index (χ4n) is 1.17. The summed E-state index contributed by atoms with van der Waals surface area (Å²) in [6.45, 7) is 6.07. The van der Waals surface area contributed by atoms with E-state index >= 15 is 0 Å². The van der Waals surface area contributed by atoms with E-state index in [1.165, 1.54) is 6.07 Å². The van der Waals surface area contributed by atoms with Gasteiger partial charge in [-0.15, -0.1) is 0 Å². The minimum Gasteiger partial charge on any atom is -0.426 e. The highest BCUT2D eigenvalue weighted by Gasteiger charge is 2.18. The third kappa shape index (κ3) is 4.64. The second kappa shape index (κ2) is 5.39. The molecular formula is C11H18N3O2Si. The molecule has 4 N–H and O–H groups in total. The highest BCUT2D eigenvalue weighted by molar-refractivity contribution is 6.65. The van der Waals surface area contributed by atoms with Crippen LogP contribution in [0.4, 0.5) is 0 Å². The first-order valence-corrected chi connectivity index (χ1v) is 7.02. The van der Waals surface area contributed by atoms with Crippen LogP contribution < -0.4 is 16.4 Å². The van der Waals surface area contributed by atoms with Gasteiger partial charge in [0.05, 0.1) is 5.32 Å². The van der Waals surface area contributed by atoms with Gasteiger partial charge in [0.2, 0.25) is 0 Å². The fraction of sp³-hybridized carbons (Fsp3) is 0.455. The Balaban J connectivity index is 2.72. The number of aromatic nitrogens is 1. The fourth-order valence-corrected chi connectivity index (χ4v) is 2.59. The van der Waals surface area contributed by atoms with E-state index in [-0.39, 0.29) is 11.2 Å². The Labute approximate surface area is 103 Å². The van der Waals surface area contributed by atoms with Crippen molar-refractivity contribution < 1.29 is 9.59 Å². The Morgan fingerprint density at radius 1 is 1.53 bits per heavy atom. The number of hydrogen-bond donors (Lipinski definition) is 3. The summed E-state index contributed by atoms with van der Waals surface area (Å²) in [4.78, 5) is 25.0. The molecule has 0 aliphatic heterocycles. The molecule has 1 rings (SSSR count). The Morgan fingerprint density at radius 2 is 2.18 bits per heavy atom. The van der Waals surface area contributed by atoms with Gasteiger partial charge in [0.1, 0.15) is 5.69 Å². The molecule has 1 amide bonds. The first-order valence-electron chi connectivity index (χ1n) is 5.36. The van der Waals surface area contributed by atoms with E-state index in [0.29, 0.717) is 11.5 Å². The second-order valence-electron chi connectivity index (χ2n) is 4.82. The normalized spacial score (nSPS) is 11.8. The highest BCUT2D eigenvalue weighted by atomic mass is 28.3. The maximum atomic E-state index is 11.0. The molecule has 0 atom stereocenters. The van der Waals surface area contributed by atoms with Gasteiger partial charge < -0.3 is 15.8 Å². The number of pyridine rings is 1. The summed E-state index contributed by atoms with van der Waals surface area (Å²) in [6, 6.07) is 4.93. The SMILES string of the molecule is CC(C)(C)NC[Si](O)c1cccc(C(N)=O)n1. The Hall–Kier alpha value is -1.24. The summed E-state index contributed by atoms with van der Waals surface area (Å²) in [6.07, 6.45) is 0.476. The maximum absolute atomic E-state index is 11.0. The van der Waals surface area contributed by atoms with Gasteiger partial charge in [0.25, 0.3) is 14.9 Å². The van der Waals surface area contributed by atoms with Crippen LogP contribution in [0.25, 0.3) is 0 Å². The molecule has 0 spiro atoms. The number of nitrogens with zero attached hydrogens (tertiary/aromatic N) is 1. The van der Waals surface area contributed by atoms with Crippen LogP contribution in [0.3, 0.4) is 0 Å². The molecule has 0 aliphatic carbocycles. The van der Waals surface area contributed by atoms with E-state index in [4.69, 9.17) is 5.73 Å². The highest BCUT2D eigenvalue weighted by Crippen LogP contribution is 1.97. The van der Waals surface area contributed by atoms with Crippen molar-refractivity contribution in [2.75, 3.05) is 6.17 Å². The van der Waals surface area contributed by atoms with Crippen LogP contribution in [0.1, 0.15) is 31.3 Å². The molecule has 1 radical (unpaired) electrons. The van der Waals surface area contributed by atoms with E-state index in [9.17, 15) is 9.59 Å². The molecule has 0 fully saturated rings. The largest absolute Gasteiger partial charge is 0.426 e. The molecule has 1 aromatic heterocycles. The second-order valence-corrected chi connectivity index (χ2v) is 6.58. The zero-order valence-electron chi connectivity index (χ0n) is 10.3. The third-order valence-corrected chi connectivity index (χ3v) is 3.46. The van der Waals surface area contributed by atoms with Crippen LogP contribution in [-0.4, -0.2) is 36.4 Å². The van der Waals surface area contributed by atoms with Gasteiger partial charge in [0.15, 0.2) is 0 Å². The number of carbonyl (C=O) groups excluding carboxylic acids is 1. The van der Waals surface area contributed by atoms with Crippen molar-refractivity contribution >= 4 is 20.3 Å². The summed E-state index contributed by atoms with van der Waals surface area (Å²) in [5, 5.41) is 3.75. The van der Waals surface area contributed by atoms with Crippen molar-refractivity contribution in [1.82, 2.24) is 10.3 Å². The molecule has 0 aromatic carbocycles. The molecular weight excluding hydrogens is 234 g/mol. The smallest absolute Gasteiger partial charge is 0.278 e. The Morgan fingerprint density at radius 3 is 2.71 bits per heavy atom. The van der Waals surface area contributed by atoms with Crippen LogP contribution in [0.15, 0.2) is 18.2 Å². The van der Waals surface area contributed by atoms with Gasteiger partial charge in [-0.1, -0.05) is 6.07 Å². The van der Waals surface area contributed by atoms with E-state index in [2.05, 4.69) is 10.3 Å². The summed E-state index contributed by atoms with van der Waals surface area (Å²) in [5.41, 5.74) is 5.27. The lowest BCUT2D eigenvalue weighted by Gasteiger charge is -2.21. The van der Waals surface area contributed by atoms with Crippen LogP contribution in [-0.2, 0) is 0 Å². The zero-order valence-corrected chi connectivity index (χ0v) is 11.3. The lowest BCUT2D eigenvalue weighted by Crippen LogP contribution is -2.48. The molecule has 6 heteroatoms. The quantitative estimate of drug-likeness (QED) is 0.618. The molecule has 93 valence electrons. The van der Waals surface area contributed by atoms with Gasteiger partial charge in [-0.3, -0.25) is 4.79 Å². The van der Waals surface area contributed by atoms with Crippen LogP contribution in [0.5, 0.6) is 0 Å².